The van der Waals surface area contributed by atoms with Crippen LogP contribution in [0.3, 0.4) is 0 Å². The number of hydrogen-bond acceptors (Lipinski definition) is 2. The number of amides is 1. The van der Waals surface area contributed by atoms with Gasteiger partial charge >= 0.3 is 6.18 Å². The SMILES string of the molecule is O=C(C[N+]12CCN(CC1)CC2)Nc1cc(C(F)(F)F)ccc1Cl. The molecule has 2 bridgehead atoms. The van der Waals surface area contributed by atoms with Gasteiger partial charge in [-0.15, -0.1) is 0 Å². The second-order valence-corrected chi connectivity index (χ2v) is 6.66. The topological polar surface area (TPSA) is 32.3 Å². The molecule has 1 aromatic rings. The number of halogens is 4. The van der Waals surface area contributed by atoms with Crippen molar-refractivity contribution >= 4 is 23.2 Å². The molecule has 3 fully saturated rings. The highest BCUT2D eigenvalue weighted by atomic mass is 35.5. The molecule has 4 rings (SSSR count). The average Bonchev–Trinajstić information content (AvgIpc) is 2.49. The molecule has 23 heavy (non-hydrogen) atoms. The number of hydrogen-bond donors (Lipinski definition) is 1. The summed E-state index contributed by atoms with van der Waals surface area (Å²) in [5.41, 5.74) is -0.809. The van der Waals surface area contributed by atoms with Gasteiger partial charge in [-0.1, -0.05) is 11.6 Å². The molecule has 3 saturated heterocycles. The van der Waals surface area contributed by atoms with Crippen LogP contribution in [0.5, 0.6) is 0 Å². The lowest BCUT2D eigenvalue weighted by atomic mass is 10.1. The third-order valence-corrected chi connectivity index (χ3v) is 5.05. The van der Waals surface area contributed by atoms with E-state index >= 15 is 0 Å². The number of nitrogens with one attached hydrogen (secondary N) is 1. The minimum absolute atomic E-state index is 0.0142. The van der Waals surface area contributed by atoms with Gasteiger partial charge in [0.05, 0.1) is 35.9 Å². The molecule has 8 heteroatoms. The highest BCUT2D eigenvalue weighted by Crippen LogP contribution is 2.34. The number of quaternary nitrogens is 1. The van der Waals surface area contributed by atoms with Gasteiger partial charge in [-0.25, -0.2) is 0 Å². The Morgan fingerprint density at radius 3 is 2.39 bits per heavy atom. The molecule has 1 aromatic carbocycles. The summed E-state index contributed by atoms with van der Waals surface area (Å²) in [6.45, 7) is 5.91. The molecule has 3 aliphatic rings. The van der Waals surface area contributed by atoms with E-state index in [1.165, 1.54) is 0 Å². The zero-order chi connectivity index (χ0) is 16.7. The molecule has 4 nitrogen and oxygen atoms in total. The Kier molecular flexibility index (Phi) is 4.29. The zero-order valence-electron chi connectivity index (χ0n) is 12.5. The smallest absolute Gasteiger partial charge is 0.320 e. The van der Waals surface area contributed by atoms with Crippen molar-refractivity contribution < 1.29 is 22.4 Å². The van der Waals surface area contributed by atoms with Crippen molar-refractivity contribution in [2.24, 2.45) is 0 Å². The molecule has 0 aliphatic carbocycles. The first-order chi connectivity index (χ1) is 10.8. The Morgan fingerprint density at radius 2 is 1.83 bits per heavy atom. The lowest BCUT2D eigenvalue weighted by molar-refractivity contribution is -0.933. The molecule has 0 radical (unpaired) electrons. The Balaban J connectivity index is 1.70. The molecule has 0 unspecified atom stereocenters. The van der Waals surface area contributed by atoms with E-state index in [4.69, 9.17) is 11.6 Å². The van der Waals surface area contributed by atoms with Crippen molar-refractivity contribution in [2.75, 3.05) is 51.1 Å². The molecule has 0 aromatic heterocycles. The third-order valence-electron chi connectivity index (χ3n) is 4.72. The summed E-state index contributed by atoms with van der Waals surface area (Å²) in [6.07, 6.45) is -4.46. The Morgan fingerprint density at radius 1 is 1.22 bits per heavy atom. The first-order valence-electron chi connectivity index (χ1n) is 7.52. The summed E-state index contributed by atoms with van der Waals surface area (Å²) in [5.74, 6) is -0.290. The van der Waals surface area contributed by atoms with Gasteiger partial charge in [0.25, 0.3) is 5.91 Å². The first kappa shape index (κ1) is 16.5. The summed E-state index contributed by atoms with van der Waals surface area (Å²) in [5, 5.41) is 2.65. The quantitative estimate of drug-likeness (QED) is 0.851. The average molecular weight is 349 g/mol. The van der Waals surface area contributed by atoms with Gasteiger partial charge in [0.1, 0.15) is 0 Å². The fourth-order valence-electron chi connectivity index (χ4n) is 3.26. The Bertz CT molecular complexity index is 599. The van der Waals surface area contributed by atoms with E-state index in [-0.39, 0.29) is 23.2 Å². The van der Waals surface area contributed by atoms with Gasteiger partial charge in [-0.2, -0.15) is 13.2 Å². The van der Waals surface area contributed by atoms with Crippen LogP contribution in [0.1, 0.15) is 5.56 Å². The van der Waals surface area contributed by atoms with E-state index in [2.05, 4.69) is 10.2 Å². The molecule has 0 spiro atoms. The Labute approximate surface area is 137 Å². The van der Waals surface area contributed by atoms with Gasteiger partial charge in [0, 0.05) is 19.6 Å². The van der Waals surface area contributed by atoms with Gasteiger partial charge in [-0.05, 0) is 18.2 Å². The van der Waals surface area contributed by atoms with Crippen molar-refractivity contribution in [3.8, 4) is 0 Å². The molecule has 3 aliphatic heterocycles. The number of anilines is 1. The van der Waals surface area contributed by atoms with Crippen molar-refractivity contribution in [2.45, 2.75) is 6.18 Å². The van der Waals surface area contributed by atoms with Crippen LogP contribution in [-0.2, 0) is 11.0 Å². The lowest BCUT2D eigenvalue weighted by Crippen LogP contribution is -2.68. The molecule has 1 amide bonds. The minimum Gasteiger partial charge on any atom is -0.320 e. The van der Waals surface area contributed by atoms with Crippen molar-refractivity contribution in [3.05, 3.63) is 28.8 Å². The second kappa shape index (κ2) is 5.96. The molecular weight excluding hydrogens is 331 g/mol. The Hall–Kier alpha value is -1.31. The molecule has 1 N–H and O–H groups in total. The molecule has 3 heterocycles. The number of alkyl halides is 3. The number of fused-ring (bicyclic) bond motifs is 3. The highest BCUT2D eigenvalue weighted by molar-refractivity contribution is 6.33. The maximum atomic E-state index is 12.8. The predicted octanol–water partition coefficient (Wildman–Crippen LogP) is 2.44. The molecule has 0 saturated carbocycles. The van der Waals surface area contributed by atoms with Crippen LogP contribution in [0.15, 0.2) is 18.2 Å². The fraction of sp³-hybridized carbons (Fsp3) is 0.533. The summed E-state index contributed by atoms with van der Waals surface area (Å²) in [4.78, 5) is 14.7. The highest BCUT2D eigenvalue weighted by Gasteiger charge is 2.40. The van der Waals surface area contributed by atoms with E-state index in [9.17, 15) is 18.0 Å². The molecular formula is C15H18ClF3N3O+. The summed E-state index contributed by atoms with van der Waals surface area (Å²) in [6, 6.07) is 2.95. The van der Waals surface area contributed by atoms with Crippen molar-refractivity contribution in [1.82, 2.24) is 4.90 Å². The van der Waals surface area contributed by atoms with Gasteiger partial charge in [0.2, 0.25) is 0 Å². The summed E-state index contributed by atoms with van der Waals surface area (Å²) >= 11 is 5.92. The van der Waals surface area contributed by atoms with Crippen LogP contribution in [-0.4, -0.2) is 61.1 Å². The van der Waals surface area contributed by atoms with E-state index in [0.717, 1.165) is 57.5 Å². The monoisotopic (exact) mass is 348 g/mol. The molecule has 0 atom stereocenters. The lowest BCUT2D eigenvalue weighted by Gasteiger charge is -2.50. The summed E-state index contributed by atoms with van der Waals surface area (Å²) < 4.78 is 39.0. The van der Waals surface area contributed by atoms with Crippen LogP contribution in [0.2, 0.25) is 5.02 Å². The number of benzene rings is 1. The van der Waals surface area contributed by atoms with Crippen LogP contribution in [0, 0.1) is 0 Å². The summed E-state index contributed by atoms with van der Waals surface area (Å²) in [7, 11) is 0. The van der Waals surface area contributed by atoms with Crippen LogP contribution in [0.25, 0.3) is 0 Å². The first-order valence-corrected chi connectivity index (χ1v) is 7.89. The number of piperazine rings is 3. The van der Waals surface area contributed by atoms with Gasteiger partial charge in [0.15, 0.2) is 6.54 Å². The fourth-order valence-corrected chi connectivity index (χ4v) is 3.43. The van der Waals surface area contributed by atoms with Crippen molar-refractivity contribution in [1.29, 1.82) is 0 Å². The third kappa shape index (κ3) is 3.62. The maximum absolute atomic E-state index is 12.8. The van der Waals surface area contributed by atoms with E-state index in [1.54, 1.807) is 0 Å². The van der Waals surface area contributed by atoms with E-state index in [0.29, 0.717) is 4.48 Å². The van der Waals surface area contributed by atoms with Crippen molar-refractivity contribution in [3.63, 3.8) is 0 Å². The van der Waals surface area contributed by atoms with Crippen LogP contribution in [0.4, 0.5) is 18.9 Å². The minimum atomic E-state index is -4.46. The van der Waals surface area contributed by atoms with Gasteiger partial charge in [-0.3, -0.25) is 9.69 Å². The number of rotatable bonds is 3. The van der Waals surface area contributed by atoms with E-state index in [1.807, 2.05) is 0 Å². The second-order valence-electron chi connectivity index (χ2n) is 6.25. The van der Waals surface area contributed by atoms with Crippen LogP contribution < -0.4 is 5.32 Å². The largest absolute Gasteiger partial charge is 0.416 e. The van der Waals surface area contributed by atoms with Crippen LogP contribution >= 0.6 is 11.6 Å². The van der Waals surface area contributed by atoms with Gasteiger partial charge < -0.3 is 9.80 Å². The zero-order valence-corrected chi connectivity index (χ0v) is 13.3. The number of nitrogens with zero attached hydrogens (tertiary/aromatic N) is 2. The maximum Gasteiger partial charge on any atom is 0.416 e. The number of carbonyl (C=O) groups excluding carboxylic acids is 1. The standard InChI is InChI=1S/C15H17ClF3N3O/c16-12-2-1-11(15(17,18)19)9-13(12)20-14(23)10-22-6-3-21(4-7-22)5-8-22/h1-2,9H,3-8,10H2/p+1. The van der Waals surface area contributed by atoms with E-state index < -0.39 is 11.7 Å². The predicted molar refractivity (Wildman–Crippen MR) is 81.3 cm³/mol. The normalized spacial score (nSPS) is 27.0. The number of carbonyl (C=O) groups is 1. The molecule has 126 valence electrons.